The van der Waals surface area contributed by atoms with Gasteiger partial charge in [0.05, 0.1) is 0 Å². The zero-order chi connectivity index (χ0) is 11.8. The maximum Gasteiger partial charge on any atom is 0.191 e. The fourth-order valence-corrected chi connectivity index (χ4v) is 2.09. The highest BCUT2D eigenvalue weighted by Gasteiger charge is 2.06. The number of hydrogen-bond donors (Lipinski definition) is 2. The molecule has 0 aromatic carbocycles. The lowest BCUT2D eigenvalue weighted by Gasteiger charge is -2.14. The molecule has 1 unspecified atom stereocenters. The van der Waals surface area contributed by atoms with E-state index in [-0.39, 0.29) is 24.0 Å². The lowest BCUT2D eigenvalue weighted by molar-refractivity contribution is 0.707. The van der Waals surface area contributed by atoms with Crippen LogP contribution in [0.1, 0.15) is 18.4 Å². The highest BCUT2D eigenvalue weighted by Crippen LogP contribution is 2.16. The van der Waals surface area contributed by atoms with Crippen LogP contribution in [-0.2, 0) is 0 Å². The van der Waals surface area contributed by atoms with Crippen molar-refractivity contribution in [1.82, 2.24) is 10.6 Å². The van der Waals surface area contributed by atoms with Crippen molar-refractivity contribution < 1.29 is 0 Å². The molecule has 1 heterocycles. The van der Waals surface area contributed by atoms with Gasteiger partial charge in [-0.3, -0.25) is 4.99 Å². The second-order valence-corrected chi connectivity index (χ2v) is 4.36. The Kier molecular flexibility index (Phi) is 9.16. The van der Waals surface area contributed by atoms with Crippen LogP contribution < -0.4 is 10.6 Å². The Balaban J connectivity index is 0.00000256. The van der Waals surface area contributed by atoms with Gasteiger partial charge in [0, 0.05) is 20.1 Å². The smallest absolute Gasteiger partial charge is 0.191 e. The Hall–Kier alpha value is -0.560. The van der Waals surface area contributed by atoms with Gasteiger partial charge in [0.25, 0.3) is 0 Å². The van der Waals surface area contributed by atoms with Crippen LogP contribution in [0.2, 0.25) is 0 Å². The molecule has 0 amide bonds. The van der Waals surface area contributed by atoms with Gasteiger partial charge in [0.15, 0.2) is 5.96 Å². The van der Waals surface area contributed by atoms with E-state index in [1.165, 1.54) is 5.56 Å². The summed E-state index contributed by atoms with van der Waals surface area (Å²) in [5.74, 6) is 1.32. The van der Waals surface area contributed by atoms with Gasteiger partial charge in [-0.15, -0.1) is 30.6 Å². The molecule has 0 aliphatic rings. The normalized spacial score (nSPS) is 12.5. The molecule has 0 spiro atoms. The average molecular weight is 365 g/mol. The highest BCUT2D eigenvalue weighted by atomic mass is 127. The van der Waals surface area contributed by atoms with Gasteiger partial charge < -0.3 is 10.6 Å². The number of nitrogens with zero attached hydrogens (tertiary/aromatic N) is 1. The van der Waals surface area contributed by atoms with Gasteiger partial charge in [0.2, 0.25) is 0 Å². The van der Waals surface area contributed by atoms with Crippen molar-refractivity contribution in [1.29, 1.82) is 0 Å². The van der Waals surface area contributed by atoms with E-state index in [9.17, 15) is 0 Å². The number of aliphatic imine (C=N–C) groups is 1. The van der Waals surface area contributed by atoms with E-state index >= 15 is 0 Å². The molecule has 2 N–H and O–H groups in total. The van der Waals surface area contributed by atoms with Crippen LogP contribution in [-0.4, -0.2) is 26.1 Å². The molecule has 0 saturated carbocycles. The first kappa shape index (κ1) is 16.4. The summed E-state index contributed by atoms with van der Waals surface area (Å²) < 4.78 is 0. The molecule has 3 nitrogen and oxygen atoms in total. The summed E-state index contributed by atoms with van der Waals surface area (Å²) in [6, 6.07) is 2.16. The Morgan fingerprint density at radius 3 is 2.88 bits per heavy atom. The predicted octanol–water partition coefficient (Wildman–Crippen LogP) is 2.82. The van der Waals surface area contributed by atoms with E-state index in [1.54, 1.807) is 18.4 Å². The van der Waals surface area contributed by atoms with Crippen molar-refractivity contribution >= 4 is 41.3 Å². The van der Waals surface area contributed by atoms with Gasteiger partial charge in [-0.25, -0.2) is 0 Å². The predicted molar refractivity (Wildman–Crippen MR) is 87.7 cm³/mol. The number of rotatable bonds is 5. The Bertz CT molecular complexity index is 336. The van der Waals surface area contributed by atoms with Crippen molar-refractivity contribution in [3.8, 4) is 0 Å². The van der Waals surface area contributed by atoms with Gasteiger partial charge in [-0.1, -0.05) is 13.0 Å². The molecule has 1 aromatic heterocycles. The third-order valence-electron chi connectivity index (χ3n) is 2.33. The Morgan fingerprint density at radius 2 is 2.35 bits per heavy atom. The monoisotopic (exact) mass is 365 g/mol. The number of thiophene rings is 1. The summed E-state index contributed by atoms with van der Waals surface area (Å²) >= 11 is 1.73. The summed E-state index contributed by atoms with van der Waals surface area (Å²) in [5, 5.41) is 10.7. The van der Waals surface area contributed by atoms with E-state index in [1.807, 2.05) is 6.08 Å². The molecule has 5 heteroatoms. The lowest BCUT2D eigenvalue weighted by Crippen LogP contribution is -2.38. The van der Waals surface area contributed by atoms with E-state index in [4.69, 9.17) is 0 Å². The highest BCUT2D eigenvalue weighted by molar-refractivity contribution is 14.0. The van der Waals surface area contributed by atoms with E-state index < -0.39 is 0 Å². The number of halogens is 1. The quantitative estimate of drug-likeness (QED) is 0.364. The van der Waals surface area contributed by atoms with E-state index in [2.05, 4.69) is 46.0 Å². The Morgan fingerprint density at radius 1 is 1.59 bits per heavy atom. The van der Waals surface area contributed by atoms with Crippen molar-refractivity contribution in [2.24, 2.45) is 4.99 Å². The van der Waals surface area contributed by atoms with Gasteiger partial charge in [0.1, 0.15) is 0 Å². The topological polar surface area (TPSA) is 36.4 Å². The molecule has 17 heavy (non-hydrogen) atoms. The summed E-state index contributed by atoms with van der Waals surface area (Å²) in [4.78, 5) is 4.13. The zero-order valence-electron chi connectivity index (χ0n) is 10.3. The van der Waals surface area contributed by atoms with Crippen LogP contribution in [0.3, 0.4) is 0 Å². The first-order valence-corrected chi connectivity index (χ1v) is 6.29. The molecule has 0 fully saturated rings. The van der Waals surface area contributed by atoms with Crippen LogP contribution in [0.15, 0.2) is 34.5 Å². The molecule has 0 aliphatic heterocycles. The van der Waals surface area contributed by atoms with Crippen LogP contribution in [0.25, 0.3) is 0 Å². The van der Waals surface area contributed by atoms with Crippen LogP contribution in [0.4, 0.5) is 0 Å². The van der Waals surface area contributed by atoms with Crippen molar-refractivity contribution in [2.75, 3.05) is 20.1 Å². The molecule has 0 aliphatic carbocycles. The van der Waals surface area contributed by atoms with E-state index in [0.29, 0.717) is 5.92 Å². The van der Waals surface area contributed by atoms with Crippen molar-refractivity contribution in [3.05, 3.63) is 35.0 Å². The van der Waals surface area contributed by atoms with Crippen LogP contribution in [0, 0.1) is 0 Å². The summed E-state index contributed by atoms with van der Waals surface area (Å²) in [7, 11) is 1.77. The number of nitrogens with one attached hydrogen (secondary N) is 2. The summed E-state index contributed by atoms with van der Waals surface area (Å²) in [6.07, 6.45) is 1.81. The molecule has 0 radical (unpaired) electrons. The molecular weight excluding hydrogens is 345 g/mol. The lowest BCUT2D eigenvalue weighted by atomic mass is 10.1. The maximum absolute atomic E-state index is 4.13. The number of hydrogen-bond acceptors (Lipinski definition) is 2. The van der Waals surface area contributed by atoms with Crippen molar-refractivity contribution in [3.63, 3.8) is 0 Å². The van der Waals surface area contributed by atoms with Gasteiger partial charge in [-0.2, -0.15) is 11.3 Å². The first-order valence-electron chi connectivity index (χ1n) is 5.35. The fraction of sp³-hybridized carbons (Fsp3) is 0.417. The summed E-state index contributed by atoms with van der Waals surface area (Å²) in [5.41, 5.74) is 1.37. The molecule has 1 rings (SSSR count). The third-order valence-corrected chi connectivity index (χ3v) is 3.03. The largest absolute Gasteiger partial charge is 0.356 e. The first-order chi connectivity index (χ1) is 7.77. The zero-order valence-corrected chi connectivity index (χ0v) is 13.4. The number of guanidine groups is 1. The minimum Gasteiger partial charge on any atom is -0.356 e. The SMILES string of the molecule is C=CCNC(=NC)NCC(C)c1ccsc1.I. The standard InChI is InChI=1S/C12H19N3S.HI/c1-4-6-14-12(13-3)15-8-10(2)11-5-7-16-9-11;/h4-5,7,9-10H,1,6,8H2,2-3H3,(H2,13,14,15);1H. The molecule has 1 aromatic rings. The van der Waals surface area contributed by atoms with Crippen LogP contribution >= 0.6 is 35.3 Å². The van der Waals surface area contributed by atoms with Gasteiger partial charge >= 0.3 is 0 Å². The van der Waals surface area contributed by atoms with Crippen molar-refractivity contribution in [2.45, 2.75) is 12.8 Å². The second kappa shape index (κ2) is 9.47. The summed E-state index contributed by atoms with van der Waals surface area (Å²) in [6.45, 7) is 7.47. The maximum atomic E-state index is 4.13. The van der Waals surface area contributed by atoms with Crippen LogP contribution in [0.5, 0.6) is 0 Å². The minimum absolute atomic E-state index is 0. The Labute approximate surface area is 124 Å². The third kappa shape index (κ3) is 6.07. The van der Waals surface area contributed by atoms with E-state index in [0.717, 1.165) is 19.0 Å². The molecule has 0 saturated heterocycles. The molecule has 1 atom stereocenters. The minimum atomic E-state index is 0. The molecule has 96 valence electrons. The average Bonchev–Trinajstić information content (AvgIpc) is 2.82. The molecular formula is C12H20IN3S. The molecule has 0 bridgehead atoms. The van der Waals surface area contributed by atoms with Gasteiger partial charge in [-0.05, 0) is 28.3 Å². The fourth-order valence-electron chi connectivity index (χ4n) is 1.31. The second-order valence-electron chi connectivity index (χ2n) is 3.58.